The van der Waals surface area contributed by atoms with Crippen LogP contribution in [0.15, 0.2) is 52.5 Å². The van der Waals surface area contributed by atoms with Crippen LogP contribution < -0.4 is 10.6 Å². The lowest BCUT2D eigenvalue weighted by atomic mass is 10.1. The number of halogens is 1. The summed E-state index contributed by atoms with van der Waals surface area (Å²) in [6.45, 7) is 3.11. The summed E-state index contributed by atoms with van der Waals surface area (Å²) in [5.41, 5.74) is 2.59. The van der Waals surface area contributed by atoms with Crippen molar-refractivity contribution in [3.63, 3.8) is 0 Å². The second-order valence-electron chi connectivity index (χ2n) is 6.87. The number of nitrogens with one attached hydrogen (secondary N) is 2. The molecule has 0 aliphatic rings. The molecule has 162 valence electrons. The van der Waals surface area contributed by atoms with E-state index >= 15 is 0 Å². The third kappa shape index (κ3) is 6.14. The SMILES string of the molecule is CN=C(NCCCc1nnc2ccccn12)NCc1ccc(S(C)(=O)=O)c(C)c1.I. The number of benzene rings is 1. The Morgan fingerprint density at radius 2 is 1.97 bits per heavy atom. The Balaban J connectivity index is 0.00000320. The number of guanidine groups is 1. The predicted octanol–water partition coefficient (Wildman–Crippen LogP) is 2.36. The Kier molecular flexibility index (Phi) is 8.59. The molecule has 0 atom stereocenters. The highest BCUT2D eigenvalue weighted by atomic mass is 127. The number of nitrogens with zero attached hydrogens (tertiary/aromatic N) is 4. The number of fused-ring (bicyclic) bond motifs is 1. The van der Waals surface area contributed by atoms with Crippen LogP contribution in [-0.4, -0.2) is 48.8 Å². The van der Waals surface area contributed by atoms with E-state index in [1.54, 1.807) is 20.0 Å². The Morgan fingerprint density at radius 3 is 2.67 bits per heavy atom. The van der Waals surface area contributed by atoms with Gasteiger partial charge in [-0.05, 0) is 42.7 Å². The summed E-state index contributed by atoms with van der Waals surface area (Å²) in [5.74, 6) is 1.63. The van der Waals surface area contributed by atoms with Gasteiger partial charge in [0.25, 0.3) is 0 Å². The number of aliphatic imine (C=N–C) groups is 1. The fourth-order valence-corrected chi connectivity index (χ4v) is 4.12. The van der Waals surface area contributed by atoms with Crippen LogP contribution in [0.3, 0.4) is 0 Å². The monoisotopic (exact) mass is 542 g/mol. The third-order valence-corrected chi connectivity index (χ3v) is 5.83. The zero-order valence-electron chi connectivity index (χ0n) is 17.3. The summed E-state index contributed by atoms with van der Waals surface area (Å²) in [4.78, 5) is 4.60. The highest BCUT2D eigenvalue weighted by molar-refractivity contribution is 14.0. The zero-order chi connectivity index (χ0) is 20.9. The maximum Gasteiger partial charge on any atom is 0.191 e. The number of pyridine rings is 1. The van der Waals surface area contributed by atoms with Crippen LogP contribution in [0.25, 0.3) is 5.65 Å². The smallest absolute Gasteiger partial charge is 0.191 e. The van der Waals surface area contributed by atoms with Crippen LogP contribution in [0.5, 0.6) is 0 Å². The van der Waals surface area contributed by atoms with Crippen molar-refractivity contribution < 1.29 is 8.42 Å². The standard InChI is InChI=1S/C20H26N6O2S.HI/c1-15-13-16(9-10-17(15)29(3,27)28)14-23-20(21-2)22-11-6-8-19-25-24-18-7-4-5-12-26(18)19;/h4-5,7,9-10,12-13H,6,8,11,14H2,1-3H3,(H2,21,22,23);1H. The van der Waals surface area contributed by atoms with Crippen LogP contribution in [0.2, 0.25) is 0 Å². The van der Waals surface area contributed by atoms with Crippen LogP contribution in [0.4, 0.5) is 0 Å². The number of aromatic nitrogens is 3. The highest BCUT2D eigenvalue weighted by Crippen LogP contribution is 2.16. The molecular formula is C20H27IN6O2S. The molecule has 0 saturated heterocycles. The number of rotatable bonds is 7. The molecule has 0 unspecified atom stereocenters. The van der Waals surface area contributed by atoms with E-state index in [1.807, 2.05) is 40.9 Å². The molecule has 2 heterocycles. The van der Waals surface area contributed by atoms with E-state index in [0.29, 0.717) is 17.4 Å². The highest BCUT2D eigenvalue weighted by Gasteiger charge is 2.11. The van der Waals surface area contributed by atoms with Gasteiger partial charge >= 0.3 is 0 Å². The van der Waals surface area contributed by atoms with E-state index in [0.717, 1.165) is 42.0 Å². The normalized spacial score (nSPS) is 11.9. The summed E-state index contributed by atoms with van der Waals surface area (Å²) < 4.78 is 25.4. The minimum atomic E-state index is -3.20. The minimum Gasteiger partial charge on any atom is -0.356 e. The first-order valence-electron chi connectivity index (χ1n) is 9.41. The van der Waals surface area contributed by atoms with Crippen molar-refractivity contribution in [1.29, 1.82) is 0 Å². The molecule has 0 radical (unpaired) electrons. The summed E-state index contributed by atoms with van der Waals surface area (Å²) in [5, 5.41) is 14.9. The molecule has 0 aliphatic carbocycles. The van der Waals surface area contributed by atoms with Crippen molar-refractivity contribution in [3.05, 3.63) is 59.5 Å². The molecule has 3 aromatic rings. The first-order chi connectivity index (χ1) is 13.9. The number of aryl methyl sites for hydroxylation is 2. The molecule has 2 N–H and O–H groups in total. The van der Waals surface area contributed by atoms with Gasteiger partial charge in [0.2, 0.25) is 0 Å². The van der Waals surface area contributed by atoms with E-state index < -0.39 is 9.84 Å². The fraction of sp³-hybridized carbons (Fsp3) is 0.350. The van der Waals surface area contributed by atoms with Gasteiger partial charge in [0.05, 0.1) is 4.90 Å². The molecule has 10 heteroatoms. The van der Waals surface area contributed by atoms with E-state index in [2.05, 4.69) is 25.8 Å². The van der Waals surface area contributed by atoms with Gasteiger partial charge in [-0.15, -0.1) is 34.2 Å². The second-order valence-corrected chi connectivity index (χ2v) is 8.86. The van der Waals surface area contributed by atoms with Gasteiger partial charge in [-0.2, -0.15) is 0 Å². The van der Waals surface area contributed by atoms with Crippen LogP contribution in [0, 0.1) is 6.92 Å². The molecule has 30 heavy (non-hydrogen) atoms. The molecule has 1 aromatic carbocycles. The predicted molar refractivity (Wildman–Crippen MR) is 129 cm³/mol. The zero-order valence-corrected chi connectivity index (χ0v) is 20.4. The van der Waals surface area contributed by atoms with Gasteiger partial charge in [0.1, 0.15) is 5.82 Å². The lowest BCUT2D eigenvalue weighted by Crippen LogP contribution is -2.37. The summed E-state index contributed by atoms with van der Waals surface area (Å²) in [7, 11) is -1.48. The van der Waals surface area contributed by atoms with Gasteiger partial charge in [-0.1, -0.05) is 18.2 Å². The van der Waals surface area contributed by atoms with Crippen molar-refractivity contribution in [2.45, 2.75) is 31.2 Å². The lowest BCUT2D eigenvalue weighted by molar-refractivity contribution is 0.601. The number of hydrogen-bond donors (Lipinski definition) is 2. The second kappa shape index (κ2) is 10.7. The fourth-order valence-electron chi connectivity index (χ4n) is 3.16. The molecule has 0 bridgehead atoms. The number of hydrogen-bond acceptors (Lipinski definition) is 5. The van der Waals surface area contributed by atoms with Gasteiger partial charge < -0.3 is 10.6 Å². The van der Waals surface area contributed by atoms with Crippen LogP contribution in [-0.2, 0) is 22.8 Å². The lowest BCUT2D eigenvalue weighted by Gasteiger charge is -2.13. The van der Waals surface area contributed by atoms with Gasteiger partial charge in [-0.3, -0.25) is 9.39 Å². The average molecular weight is 542 g/mol. The molecule has 2 aromatic heterocycles. The van der Waals surface area contributed by atoms with Crippen molar-refractivity contribution in [3.8, 4) is 0 Å². The number of sulfone groups is 1. The Morgan fingerprint density at radius 1 is 1.17 bits per heavy atom. The molecule has 0 aliphatic heterocycles. The van der Waals surface area contributed by atoms with Crippen molar-refractivity contribution in [2.24, 2.45) is 4.99 Å². The van der Waals surface area contributed by atoms with Gasteiger partial charge in [0.15, 0.2) is 21.4 Å². The first kappa shape index (κ1) is 24.1. The maximum atomic E-state index is 11.7. The Labute approximate surface area is 194 Å². The van der Waals surface area contributed by atoms with E-state index in [-0.39, 0.29) is 24.0 Å². The summed E-state index contributed by atoms with van der Waals surface area (Å²) in [6.07, 6.45) is 4.89. The van der Waals surface area contributed by atoms with E-state index in [9.17, 15) is 8.42 Å². The molecule has 0 spiro atoms. The van der Waals surface area contributed by atoms with Crippen molar-refractivity contribution >= 4 is 45.4 Å². The molecule has 0 fully saturated rings. The quantitative estimate of drug-likeness (QED) is 0.206. The average Bonchev–Trinajstić information content (AvgIpc) is 3.09. The van der Waals surface area contributed by atoms with Crippen molar-refractivity contribution in [1.82, 2.24) is 25.2 Å². The van der Waals surface area contributed by atoms with Gasteiger partial charge in [-0.25, -0.2) is 8.42 Å². The molecule has 8 nitrogen and oxygen atoms in total. The minimum absolute atomic E-state index is 0. The molecule has 0 amide bonds. The van der Waals surface area contributed by atoms with Crippen LogP contribution in [0.1, 0.15) is 23.4 Å². The third-order valence-electron chi connectivity index (χ3n) is 4.58. The topological polar surface area (TPSA) is 101 Å². The molecule has 3 rings (SSSR count). The Hall–Kier alpha value is -2.21. The molecular weight excluding hydrogens is 515 g/mol. The van der Waals surface area contributed by atoms with Gasteiger partial charge in [0, 0.05) is 39.0 Å². The van der Waals surface area contributed by atoms with Crippen molar-refractivity contribution in [2.75, 3.05) is 19.8 Å². The first-order valence-corrected chi connectivity index (χ1v) is 11.3. The Bertz CT molecular complexity index is 1130. The van der Waals surface area contributed by atoms with Crippen LogP contribution >= 0.6 is 24.0 Å². The summed E-state index contributed by atoms with van der Waals surface area (Å²) >= 11 is 0. The molecule has 0 saturated carbocycles. The summed E-state index contributed by atoms with van der Waals surface area (Å²) in [6, 6.07) is 11.2. The van der Waals surface area contributed by atoms with E-state index in [1.165, 1.54) is 6.26 Å². The maximum absolute atomic E-state index is 11.7. The van der Waals surface area contributed by atoms with E-state index in [4.69, 9.17) is 0 Å². The largest absolute Gasteiger partial charge is 0.356 e.